The Balaban J connectivity index is 1.91. The van der Waals surface area contributed by atoms with Gasteiger partial charge in [-0.05, 0) is 37.1 Å². The quantitative estimate of drug-likeness (QED) is 0.809. The van der Waals surface area contributed by atoms with Gasteiger partial charge in [-0.25, -0.2) is 9.59 Å². The molecule has 2 aliphatic heterocycles. The number of rotatable bonds is 2. The Labute approximate surface area is 129 Å². The molecule has 6 nitrogen and oxygen atoms in total. The third-order valence-corrected chi connectivity index (χ3v) is 4.49. The number of esters is 1. The highest BCUT2D eigenvalue weighted by molar-refractivity contribution is 5.94. The van der Waals surface area contributed by atoms with Crippen LogP contribution in [0.15, 0.2) is 12.1 Å². The van der Waals surface area contributed by atoms with E-state index in [4.69, 9.17) is 9.47 Å². The number of piperidine rings is 1. The molecule has 0 bridgehead atoms. The number of cyclic esters (lactones) is 1. The van der Waals surface area contributed by atoms with Gasteiger partial charge in [-0.2, -0.15) is 0 Å². The first kappa shape index (κ1) is 14.8. The fourth-order valence-electron chi connectivity index (χ4n) is 3.25. The van der Waals surface area contributed by atoms with Crippen LogP contribution in [0.25, 0.3) is 0 Å². The van der Waals surface area contributed by atoms with E-state index in [2.05, 4.69) is 10.6 Å². The van der Waals surface area contributed by atoms with E-state index in [0.717, 1.165) is 36.2 Å². The lowest BCUT2D eigenvalue weighted by molar-refractivity contribution is 0.0534. The zero-order valence-corrected chi connectivity index (χ0v) is 12.8. The van der Waals surface area contributed by atoms with Crippen molar-refractivity contribution in [3.8, 4) is 0 Å². The van der Waals surface area contributed by atoms with Crippen LogP contribution in [-0.2, 0) is 16.1 Å². The Hall–Kier alpha value is -2.08. The molecular formula is C16H20N2O4. The molecule has 2 aliphatic rings. The van der Waals surface area contributed by atoms with Crippen LogP contribution in [0.3, 0.4) is 0 Å². The van der Waals surface area contributed by atoms with Gasteiger partial charge >= 0.3 is 12.1 Å². The first-order chi connectivity index (χ1) is 10.6. The minimum Gasteiger partial charge on any atom is -0.457 e. The highest BCUT2D eigenvalue weighted by atomic mass is 16.6. The van der Waals surface area contributed by atoms with Gasteiger partial charge in [0.15, 0.2) is 0 Å². The van der Waals surface area contributed by atoms with Gasteiger partial charge in [0.25, 0.3) is 0 Å². The molecule has 118 valence electrons. The van der Waals surface area contributed by atoms with Crippen LogP contribution in [0, 0.1) is 6.92 Å². The molecule has 6 heteroatoms. The lowest BCUT2D eigenvalue weighted by atomic mass is 9.84. The molecular weight excluding hydrogens is 284 g/mol. The Morgan fingerprint density at radius 2 is 2.27 bits per heavy atom. The van der Waals surface area contributed by atoms with Crippen molar-refractivity contribution in [1.82, 2.24) is 10.6 Å². The highest BCUT2D eigenvalue weighted by Gasteiger charge is 2.33. The van der Waals surface area contributed by atoms with E-state index < -0.39 is 6.09 Å². The number of nitrogens with one attached hydrogen (secondary N) is 2. The molecule has 1 aromatic rings. The molecule has 22 heavy (non-hydrogen) atoms. The van der Waals surface area contributed by atoms with Crippen LogP contribution >= 0.6 is 0 Å². The fourth-order valence-corrected chi connectivity index (χ4v) is 3.25. The van der Waals surface area contributed by atoms with E-state index >= 15 is 0 Å². The summed E-state index contributed by atoms with van der Waals surface area (Å²) >= 11 is 0. The lowest BCUT2D eigenvalue weighted by Crippen LogP contribution is -2.42. The standard InChI is InChI=1S/C16H20N2O4/c1-9-10(3-4-11-13(9)8-21-15(11)19)12-7-18-6-5-14(12)22-16(20)17-2/h3-4,12,14,18H,5-8H2,1-2H3,(H,17,20). The number of alkyl carbamates (subject to hydrolysis) is 1. The van der Waals surface area contributed by atoms with Crippen LogP contribution in [0.5, 0.6) is 0 Å². The van der Waals surface area contributed by atoms with Crippen molar-refractivity contribution in [2.45, 2.75) is 32.0 Å². The molecule has 0 saturated carbocycles. The van der Waals surface area contributed by atoms with Crippen LogP contribution < -0.4 is 10.6 Å². The van der Waals surface area contributed by atoms with Crippen LogP contribution in [0.4, 0.5) is 4.79 Å². The first-order valence-electron chi connectivity index (χ1n) is 7.50. The van der Waals surface area contributed by atoms with Crippen molar-refractivity contribution in [2.24, 2.45) is 0 Å². The number of ether oxygens (including phenoxy) is 2. The van der Waals surface area contributed by atoms with Crippen molar-refractivity contribution in [3.05, 3.63) is 34.4 Å². The van der Waals surface area contributed by atoms with Gasteiger partial charge in [0.05, 0.1) is 5.56 Å². The summed E-state index contributed by atoms with van der Waals surface area (Å²) < 4.78 is 10.6. The second-order valence-corrected chi connectivity index (χ2v) is 5.68. The third-order valence-electron chi connectivity index (χ3n) is 4.49. The maximum atomic E-state index is 11.6. The fraction of sp³-hybridized carbons (Fsp3) is 0.500. The highest BCUT2D eigenvalue weighted by Crippen LogP contribution is 2.33. The summed E-state index contributed by atoms with van der Waals surface area (Å²) in [5.74, 6) is -0.184. The maximum Gasteiger partial charge on any atom is 0.407 e. The molecule has 3 rings (SSSR count). The molecule has 2 atom stereocenters. The molecule has 1 aromatic carbocycles. The summed E-state index contributed by atoms with van der Waals surface area (Å²) in [6, 6.07) is 3.77. The number of hydrogen-bond acceptors (Lipinski definition) is 5. The van der Waals surface area contributed by atoms with E-state index in [1.807, 2.05) is 19.1 Å². The average Bonchev–Trinajstić information content (AvgIpc) is 2.91. The van der Waals surface area contributed by atoms with Gasteiger partial charge in [-0.3, -0.25) is 0 Å². The van der Waals surface area contributed by atoms with Gasteiger partial charge < -0.3 is 20.1 Å². The Bertz CT molecular complexity index is 614. The molecule has 0 spiro atoms. The molecule has 2 heterocycles. The van der Waals surface area contributed by atoms with E-state index in [1.54, 1.807) is 7.05 Å². The van der Waals surface area contributed by atoms with Gasteiger partial charge in [0, 0.05) is 25.1 Å². The zero-order chi connectivity index (χ0) is 15.7. The Morgan fingerprint density at radius 1 is 1.45 bits per heavy atom. The smallest absolute Gasteiger partial charge is 0.407 e. The zero-order valence-electron chi connectivity index (χ0n) is 12.8. The maximum absolute atomic E-state index is 11.6. The summed E-state index contributed by atoms with van der Waals surface area (Å²) in [5, 5.41) is 5.85. The summed E-state index contributed by atoms with van der Waals surface area (Å²) in [5.41, 5.74) is 3.77. The van der Waals surface area contributed by atoms with Crippen LogP contribution in [0.2, 0.25) is 0 Å². The van der Waals surface area contributed by atoms with Gasteiger partial charge in [-0.1, -0.05) is 6.07 Å². The van der Waals surface area contributed by atoms with Crippen LogP contribution in [0.1, 0.15) is 39.4 Å². The van der Waals surface area contributed by atoms with Crippen molar-refractivity contribution >= 4 is 12.1 Å². The van der Waals surface area contributed by atoms with Crippen molar-refractivity contribution < 1.29 is 19.1 Å². The summed E-state index contributed by atoms with van der Waals surface area (Å²) in [4.78, 5) is 23.2. The summed E-state index contributed by atoms with van der Waals surface area (Å²) in [6.45, 7) is 3.90. The topological polar surface area (TPSA) is 76.7 Å². The summed E-state index contributed by atoms with van der Waals surface area (Å²) in [7, 11) is 1.56. The molecule has 0 aromatic heterocycles. The predicted molar refractivity (Wildman–Crippen MR) is 79.9 cm³/mol. The van der Waals surface area contributed by atoms with Gasteiger partial charge in [0.1, 0.15) is 12.7 Å². The van der Waals surface area contributed by atoms with Gasteiger partial charge in [-0.15, -0.1) is 0 Å². The van der Waals surface area contributed by atoms with Crippen molar-refractivity contribution in [1.29, 1.82) is 0 Å². The molecule has 1 saturated heterocycles. The largest absolute Gasteiger partial charge is 0.457 e. The number of carbonyl (C=O) groups excluding carboxylic acids is 2. The minimum absolute atomic E-state index is 0.0760. The molecule has 0 aliphatic carbocycles. The average molecular weight is 304 g/mol. The van der Waals surface area contributed by atoms with E-state index in [0.29, 0.717) is 12.2 Å². The number of benzene rings is 1. The normalized spacial score (nSPS) is 23.6. The lowest BCUT2D eigenvalue weighted by Gasteiger charge is -2.33. The minimum atomic E-state index is -0.408. The SMILES string of the molecule is CNC(=O)OC1CCNCC1c1ccc2c(c1C)COC2=O. The third kappa shape index (κ3) is 2.54. The Morgan fingerprint density at radius 3 is 3.05 bits per heavy atom. The number of hydrogen-bond donors (Lipinski definition) is 2. The number of amides is 1. The first-order valence-corrected chi connectivity index (χ1v) is 7.50. The van der Waals surface area contributed by atoms with Crippen LogP contribution in [-0.4, -0.2) is 38.3 Å². The monoisotopic (exact) mass is 304 g/mol. The van der Waals surface area contributed by atoms with E-state index in [-0.39, 0.29) is 18.0 Å². The molecule has 1 fully saturated rings. The predicted octanol–water partition coefficient (Wildman–Crippen LogP) is 1.47. The Kier molecular flexibility index (Phi) is 4.02. The molecule has 2 unspecified atom stereocenters. The molecule has 2 N–H and O–H groups in total. The summed E-state index contributed by atoms with van der Waals surface area (Å²) in [6.07, 6.45) is 0.189. The second-order valence-electron chi connectivity index (χ2n) is 5.68. The van der Waals surface area contributed by atoms with Crippen molar-refractivity contribution in [2.75, 3.05) is 20.1 Å². The number of fused-ring (bicyclic) bond motifs is 1. The van der Waals surface area contributed by atoms with E-state index in [9.17, 15) is 9.59 Å². The second kappa shape index (κ2) is 5.96. The van der Waals surface area contributed by atoms with Crippen molar-refractivity contribution in [3.63, 3.8) is 0 Å². The van der Waals surface area contributed by atoms with E-state index in [1.165, 1.54) is 0 Å². The number of carbonyl (C=O) groups is 2. The van der Waals surface area contributed by atoms with Gasteiger partial charge in [0.2, 0.25) is 0 Å². The molecule has 0 radical (unpaired) electrons. The molecule has 1 amide bonds.